The van der Waals surface area contributed by atoms with Gasteiger partial charge in [-0.15, -0.1) is 0 Å². The largest absolute Gasteiger partial charge is 0.494 e. The zero-order chi connectivity index (χ0) is 24.4. The minimum Gasteiger partial charge on any atom is -0.494 e. The van der Waals surface area contributed by atoms with Crippen molar-refractivity contribution in [1.82, 2.24) is 4.57 Å². The molecule has 0 bridgehead atoms. The van der Waals surface area contributed by atoms with Crippen molar-refractivity contribution in [2.75, 3.05) is 6.61 Å². The molecule has 4 rings (SSSR count). The maximum atomic E-state index is 11.2. The Morgan fingerprint density at radius 2 is 1.74 bits per heavy atom. The lowest BCUT2D eigenvalue weighted by molar-refractivity contribution is 0.0697. The zero-order valence-electron chi connectivity index (χ0n) is 19.5. The van der Waals surface area contributed by atoms with Crippen LogP contribution in [0.4, 0.5) is 0 Å². The van der Waals surface area contributed by atoms with Gasteiger partial charge in [0.1, 0.15) is 5.75 Å². The first-order chi connectivity index (χ1) is 16.3. The molecule has 0 saturated carbocycles. The number of nitrogens with zero attached hydrogens (tertiary/aromatic N) is 1. The van der Waals surface area contributed by atoms with Gasteiger partial charge in [-0.1, -0.05) is 35.9 Å². The fourth-order valence-corrected chi connectivity index (χ4v) is 5.13. The summed E-state index contributed by atoms with van der Waals surface area (Å²) in [6, 6.07) is 17.3. The Balaban J connectivity index is 1.54. The van der Waals surface area contributed by atoms with Crippen molar-refractivity contribution in [1.29, 1.82) is 0 Å². The van der Waals surface area contributed by atoms with E-state index in [0.29, 0.717) is 18.7 Å². The van der Waals surface area contributed by atoms with Gasteiger partial charge in [-0.25, -0.2) is 4.79 Å². The van der Waals surface area contributed by atoms with Crippen molar-refractivity contribution < 1.29 is 14.6 Å². The number of carboxylic acids is 1. The van der Waals surface area contributed by atoms with Crippen molar-refractivity contribution >= 4 is 44.4 Å². The fourth-order valence-electron chi connectivity index (χ4n) is 4.44. The molecule has 4 nitrogen and oxygen atoms in total. The third kappa shape index (κ3) is 5.01. The molecule has 0 spiro atoms. The minimum absolute atomic E-state index is 0.297. The van der Waals surface area contributed by atoms with Crippen LogP contribution in [-0.2, 0) is 13.0 Å². The highest BCUT2D eigenvalue weighted by Gasteiger charge is 2.16. The molecule has 4 aromatic rings. The molecule has 0 atom stereocenters. The van der Waals surface area contributed by atoms with Gasteiger partial charge >= 0.3 is 5.97 Å². The number of hydrogen-bond acceptors (Lipinski definition) is 2. The Kier molecular flexibility index (Phi) is 7.34. The van der Waals surface area contributed by atoms with Crippen LogP contribution in [0.3, 0.4) is 0 Å². The molecule has 1 heterocycles. The summed E-state index contributed by atoms with van der Waals surface area (Å²) in [5.41, 5.74) is 7.08. The number of aromatic carboxylic acids is 1. The highest BCUT2D eigenvalue weighted by molar-refractivity contribution is 9.10. The van der Waals surface area contributed by atoms with Gasteiger partial charge in [0, 0.05) is 27.1 Å². The molecule has 0 saturated heterocycles. The van der Waals surface area contributed by atoms with Crippen LogP contribution in [0.1, 0.15) is 44.7 Å². The summed E-state index contributed by atoms with van der Waals surface area (Å²) in [7, 11) is 0. The summed E-state index contributed by atoms with van der Waals surface area (Å²) in [6.45, 7) is 7.43. The van der Waals surface area contributed by atoms with E-state index < -0.39 is 5.97 Å². The molecule has 176 valence electrons. The van der Waals surface area contributed by atoms with Crippen molar-refractivity contribution in [3.05, 3.63) is 97.6 Å². The molecular formula is C28H27BrClNO3. The molecule has 1 aromatic heterocycles. The molecule has 0 radical (unpaired) electrons. The Bertz CT molecular complexity index is 1340. The van der Waals surface area contributed by atoms with E-state index in [2.05, 4.69) is 45.6 Å². The lowest BCUT2D eigenvalue weighted by Gasteiger charge is -2.11. The van der Waals surface area contributed by atoms with E-state index in [-0.39, 0.29) is 0 Å². The molecule has 0 unspecified atom stereocenters. The monoisotopic (exact) mass is 539 g/mol. The predicted molar refractivity (Wildman–Crippen MR) is 142 cm³/mol. The number of hydrogen-bond donors (Lipinski definition) is 1. The SMILES string of the molecule is Cc1cc(OCCCc2c(C)n(Cc3ccc(C(=O)O)cc3)c3c(Br)cccc23)cc(C)c1Cl. The average molecular weight is 541 g/mol. The van der Waals surface area contributed by atoms with Crippen LogP contribution in [0, 0.1) is 20.8 Å². The summed E-state index contributed by atoms with van der Waals surface area (Å²) in [5.74, 6) is -0.0589. The lowest BCUT2D eigenvalue weighted by Crippen LogP contribution is -2.05. The van der Waals surface area contributed by atoms with Crippen LogP contribution in [0.15, 0.2) is 59.1 Å². The van der Waals surface area contributed by atoms with E-state index in [1.165, 1.54) is 16.6 Å². The van der Waals surface area contributed by atoms with Gasteiger partial charge in [0.25, 0.3) is 0 Å². The summed E-state index contributed by atoms with van der Waals surface area (Å²) in [6.07, 6.45) is 1.79. The quantitative estimate of drug-likeness (QED) is 0.233. The van der Waals surface area contributed by atoms with Gasteiger partial charge in [0.05, 0.1) is 17.7 Å². The van der Waals surface area contributed by atoms with Crippen LogP contribution >= 0.6 is 27.5 Å². The number of aromatic nitrogens is 1. The first-order valence-electron chi connectivity index (χ1n) is 11.2. The van der Waals surface area contributed by atoms with Crippen molar-refractivity contribution in [3.8, 4) is 5.75 Å². The number of carbonyl (C=O) groups is 1. The van der Waals surface area contributed by atoms with Crippen LogP contribution in [0.25, 0.3) is 10.9 Å². The number of rotatable bonds is 8. The normalized spacial score (nSPS) is 11.2. The molecule has 0 fully saturated rings. The zero-order valence-corrected chi connectivity index (χ0v) is 21.8. The second-order valence-electron chi connectivity index (χ2n) is 8.61. The maximum Gasteiger partial charge on any atom is 0.335 e. The van der Waals surface area contributed by atoms with Gasteiger partial charge in [-0.2, -0.15) is 0 Å². The van der Waals surface area contributed by atoms with Crippen molar-refractivity contribution in [3.63, 3.8) is 0 Å². The summed E-state index contributed by atoms with van der Waals surface area (Å²) in [4.78, 5) is 11.2. The smallest absolute Gasteiger partial charge is 0.335 e. The Morgan fingerprint density at radius 3 is 2.38 bits per heavy atom. The van der Waals surface area contributed by atoms with Crippen molar-refractivity contribution in [2.45, 2.75) is 40.2 Å². The van der Waals surface area contributed by atoms with E-state index in [9.17, 15) is 9.90 Å². The molecular weight excluding hydrogens is 514 g/mol. The number of benzene rings is 3. The number of halogens is 2. The highest BCUT2D eigenvalue weighted by Crippen LogP contribution is 2.33. The van der Waals surface area contributed by atoms with Crippen LogP contribution < -0.4 is 4.74 Å². The number of ether oxygens (including phenoxy) is 1. The van der Waals surface area contributed by atoms with Crippen LogP contribution in [0.2, 0.25) is 5.02 Å². The van der Waals surface area contributed by atoms with E-state index in [1.807, 2.05) is 38.1 Å². The molecule has 0 aliphatic carbocycles. The molecule has 0 aliphatic rings. The van der Waals surface area contributed by atoms with Gasteiger partial charge < -0.3 is 14.4 Å². The second-order valence-corrected chi connectivity index (χ2v) is 9.84. The van der Waals surface area contributed by atoms with Gasteiger partial charge in [0.2, 0.25) is 0 Å². The Morgan fingerprint density at radius 1 is 1.06 bits per heavy atom. The number of para-hydroxylation sites is 1. The average Bonchev–Trinajstić information content (AvgIpc) is 3.07. The van der Waals surface area contributed by atoms with Crippen LogP contribution in [0.5, 0.6) is 5.75 Å². The lowest BCUT2D eigenvalue weighted by atomic mass is 10.1. The Labute approximate surface area is 213 Å². The first-order valence-corrected chi connectivity index (χ1v) is 12.4. The topological polar surface area (TPSA) is 51.5 Å². The highest BCUT2D eigenvalue weighted by atomic mass is 79.9. The maximum absolute atomic E-state index is 11.2. The fraction of sp³-hybridized carbons (Fsp3) is 0.250. The standard InChI is InChI=1S/C28H27BrClNO3/c1-17-14-22(15-18(2)26(17)30)34-13-5-7-23-19(3)31(27-24(23)6-4-8-25(27)29)16-20-9-11-21(12-10-20)28(32)33/h4,6,8-12,14-15H,5,7,13,16H2,1-3H3,(H,32,33). The molecule has 0 aliphatic heterocycles. The van der Waals surface area contributed by atoms with E-state index in [0.717, 1.165) is 50.3 Å². The molecule has 6 heteroatoms. The summed E-state index contributed by atoms with van der Waals surface area (Å²) >= 11 is 10.0. The van der Waals surface area contributed by atoms with E-state index >= 15 is 0 Å². The minimum atomic E-state index is -0.912. The molecule has 3 aromatic carbocycles. The number of fused-ring (bicyclic) bond motifs is 1. The third-order valence-corrected chi connectivity index (χ3v) is 7.45. The molecule has 1 N–H and O–H groups in total. The summed E-state index contributed by atoms with van der Waals surface area (Å²) in [5, 5.41) is 11.2. The summed E-state index contributed by atoms with van der Waals surface area (Å²) < 4.78 is 9.38. The number of carboxylic acid groups (broad SMARTS) is 1. The van der Waals surface area contributed by atoms with Gasteiger partial charge in [-0.05, 0) is 102 Å². The van der Waals surface area contributed by atoms with Crippen molar-refractivity contribution in [2.24, 2.45) is 0 Å². The van der Waals surface area contributed by atoms with Gasteiger partial charge in [0.15, 0.2) is 0 Å². The first kappa shape index (κ1) is 24.4. The molecule has 34 heavy (non-hydrogen) atoms. The van der Waals surface area contributed by atoms with Crippen LogP contribution in [-0.4, -0.2) is 22.2 Å². The Hall–Kier alpha value is -2.76. The number of aryl methyl sites for hydroxylation is 3. The second kappa shape index (κ2) is 10.2. The van der Waals surface area contributed by atoms with E-state index in [4.69, 9.17) is 16.3 Å². The molecule has 0 amide bonds. The predicted octanol–water partition coefficient (Wildman–Crippen LogP) is 7.74. The van der Waals surface area contributed by atoms with Gasteiger partial charge in [-0.3, -0.25) is 0 Å². The third-order valence-electron chi connectivity index (χ3n) is 6.21. The van der Waals surface area contributed by atoms with E-state index in [1.54, 1.807) is 12.1 Å².